The Hall–Kier alpha value is -0.637. The van der Waals surface area contributed by atoms with E-state index in [-0.39, 0.29) is 5.28 Å². The van der Waals surface area contributed by atoms with Crippen molar-refractivity contribution in [3.05, 3.63) is 30.4 Å². The molecule has 108 valence electrons. The first-order valence-electron chi connectivity index (χ1n) is 6.69. The Morgan fingerprint density at radius 1 is 1.40 bits per heavy atom. The molecule has 1 aromatic heterocycles. The van der Waals surface area contributed by atoms with Gasteiger partial charge < -0.3 is 15.2 Å². The van der Waals surface area contributed by atoms with Gasteiger partial charge in [-0.15, -0.1) is 0 Å². The van der Waals surface area contributed by atoms with Gasteiger partial charge in [-0.1, -0.05) is 19.7 Å². The topological polar surface area (TPSA) is 41.1 Å². The Morgan fingerprint density at radius 3 is 2.65 bits per heavy atom. The van der Waals surface area contributed by atoms with Crippen LogP contribution in [0.3, 0.4) is 0 Å². The van der Waals surface area contributed by atoms with Crippen molar-refractivity contribution in [3.63, 3.8) is 0 Å². The Bertz CT molecular complexity index is 453. The van der Waals surface area contributed by atoms with Crippen LogP contribution in [-0.2, 0) is 17.9 Å². The van der Waals surface area contributed by atoms with Gasteiger partial charge in [0.1, 0.15) is 0 Å². The standard InChI is InChI=1S/C13H19ClN4.CH2.Zn/c1-8(2)11-7-15-5-6-18(11)12-9(3)10(4)16-13(14)17-12;;/h8,11,15H,3-7H2,1-2H3;1H2;/q-2;;/t11-;;/m1../s1. The first-order valence-corrected chi connectivity index (χ1v) is 9.17. The second kappa shape index (κ2) is 7.97. The van der Waals surface area contributed by atoms with Gasteiger partial charge in [0.15, 0.2) is 5.28 Å². The van der Waals surface area contributed by atoms with Crippen LogP contribution in [0.15, 0.2) is 0 Å². The molecular weight excluding hydrogens is 325 g/mol. The van der Waals surface area contributed by atoms with Crippen LogP contribution in [0.4, 0.5) is 5.82 Å². The molecule has 0 aromatic carbocycles. The molecule has 1 aliphatic heterocycles. The van der Waals surface area contributed by atoms with Gasteiger partial charge in [0.25, 0.3) is 0 Å². The number of nitrogens with one attached hydrogen (secondary N) is 1. The van der Waals surface area contributed by atoms with Gasteiger partial charge in [0.2, 0.25) is 0 Å². The third-order valence-corrected chi connectivity index (χ3v) is 3.54. The van der Waals surface area contributed by atoms with E-state index in [1.807, 2.05) is 0 Å². The summed E-state index contributed by atoms with van der Waals surface area (Å²) in [6, 6.07) is 0.393. The number of piperazine rings is 1. The summed E-state index contributed by atoms with van der Waals surface area (Å²) in [6.45, 7) is 15.1. The van der Waals surface area contributed by atoms with E-state index in [1.165, 1.54) is 0 Å². The zero-order valence-electron chi connectivity index (χ0n) is 12.3. The summed E-state index contributed by atoms with van der Waals surface area (Å²) in [6.07, 6.45) is 0. The molecule has 2 rings (SSSR count). The van der Waals surface area contributed by atoms with Crippen molar-refractivity contribution in [1.82, 2.24) is 15.3 Å². The third kappa shape index (κ3) is 3.94. The molecule has 2 heterocycles. The molecule has 0 bridgehead atoms. The van der Waals surface area contributed by atoms with Crippen LogP contribution < -0.4 is 10.2 Å². The molecule has 0 radical (unpaired) electrons. The molecule has 1 saturated heterocycles. The number of hydrogen-bond acceptors (Lipinski definition) is 4. The number of hydrogen-bond donors (Lipinski definition) is 1. The van der Waals surface area contributed by atoms with Crippen LogP contribution in [-0.4, -0.2) is 40.8 Å². The summed E-state index contributed by atoms with van der Waals surface area (Å²) in [5.74, 6) is 1.35. The van der Waals surface area contributed by atoms with Gasteiger partial charge in [-0.3, -0.25) is 24.4 Å². The third-order valence-electron chi connectivity index (χ3n) is 3.37. The van der Waals surface area contributed by atoms with Crippen molar-refractivity contribution in [3.8, 4) is 0 Å². The van der Waals surface area contributed by atoms with Crippen molar-refractivity contribution in [2.45, 2.75) is 19.9 Å². The average Bonchev–Trinajstić information content (AvgIpc) is 2.45. The van der Waals surface area contributed by atoms with E-state index in [2.05, 4.69) is 53.0 Å². The van der Waals surface area contributed by atoms with E-state index in [0.29, 0.717) is 17.7 Å². The molecule has 20 heavy (non-hydrogen) atoms. The predicted octanol–water partition coefficient (Wildman–Crippen LogP) is 1.89. The Morgan fingerprint density at radius 2 is 2.05 bits per heavy atom. The second-order valence-electron chi connectivity index (χ2n) is 4.95. The Balaban J connectivity index is 0.000000956. The fourth-order valence-corrected chi connectivity index (χ4v) is 2.49. The molecule has 0 amide bonds. The van der Waals surface area contributed by atoms with Gasteiger partial charge in [-0.2, -0.15) is 0 Å². The van der Waals surface area contributed by atoms with Gasteiger partial charge >= 0.3 is 23.0 Å². The maximum absolute atomic E-state index is 5.94. The Labute approximate surface area is 136 Å². The minimum atomic E-state index is 0.239. The molecular formula is C14H21ClN4Zn-2. The minimum absolute atomic E-state index is 0.239. The van der Waals surface area contributed by atoms with Crippen LogP contribution in [0.25, 0.3) is 0 Å². The van der Waals surface area contributed by atoms with Crippen LogP contribution in [0.1, 0.15) is 25.1 Å². The van der Waals surface area contributed by atoms with E-state index >= 15 is 0 Å². The number of aromatic nitrogens is 2. The Kier molecular flexibility index (Phi) is 6.94. The monoisotopic (exact) mass is 344 g/mol. The molecule has 6 heteroatoms. The van der Waals surface area contributed by atoms with Crippen molar-refractivity contribution in [1.29, 1.82) is 0 Å². The molecule has 0 aliphatic carbocycles. The van der Waals surface area contributed by atoms with Crippen molar-refractivity contribution in [2.75, 3.05) is 24.5 Å². The molecule has 4 nitrogen and oxygen atoms in total. The quantitative estimate of drug-likeness (QED) is 0.505. The summed E-state index contributed by atoms with van der Waals surface area (Å²) in [7, 11) is 0. The van der Waals surface area contributed by atoms with E-state index in [4.69, 9.17) is 11.6 Å². The van der Waals surface area contributed by atoms with E-state index in [0.717, 1.165) is 48.9 Å². The van der Waals surface area contributed by atoms with Crippen molar-refractivity contribution in [2.24, 2.45) is 5.92 Å². The van der Waals surface area contributed by atoms with E-state index in [1.54, 1.807) is 0 Å². The van der Waals surface area contributed by atoms with E-state index in [9.17, 15) is 0 Å². The number of rotatable bonds is 2. The number of halogens is 1. The molecule has 1 atom stereocenters. The van der Waals surface area contributed by atoms with E-state index < -0.39 is 0 Å². The van der Waals surface area contributed by atoms with Crippen molar-refractivity contribution >= 4 is 22.5 Å². The van der Waals surface area contributed by atoms with Crippen LogP contribution in [0.5, 0.6) is 0 Å². The average molecular weight is 346 g/mol. The summed E-state index contributed by atoms with van der Waals surface area (Å²) in [5, 5.41) is 7.02. The molecule has 1 aromatic rings. The molecule has 1 N–H and O–H groups in total. The van der Waals surface area contributed by atoms with Gasteiger partial charge in [-0.05, 0) is 17.5 Å². The number of nitrogens with zero attached hydrogens (tertiary/aromatic N) is 3. The summed E-state index contributed by atoms with van der Waals surface area (Å²) < 4.78 is 0. The maximum atomic E-state index is 5.94. The van der Waals surface area contributed by atoms with Crippen LogP contribution >= 0.6 is 11.6 Å². The molecule has 1 aliphatic rings. The predicted molar refractivity (Wildman–Crippen MR) is 81.9 cm³/mol. The van der Waals surface area contributed by atoms with Gasteiger partial charge in [0, 0.05) is 25.7 Å². The fourth-order valence-electron chi connectivity index (χ4n) is 2.31. The van der Waals surface area contributed by atoms with Crippen LogP contribution in [0.2, 0.25) is 5.28 Å². The zero-order valence-corrected chi connectivity index (χ0v) is 16.0. The number of anilines is 1. The first-order chi connectivity index (χ1) is 9.50. The molecule has 0 saturated carbocycles. The summed E-state index contributed by atoms with van der Waals surface area (Å²) >= 11 is 7.06. The molecule has 0 unspecified atom stereocenters. The van der Waals surface area contributed by atoms with Gasteiger partial charge in [-0.25, -0.2) is 5.69 Å². The SMILES string of the molecule is [CH2-]c1nc(Cl)nc(N2CCNC[C@@H]2C(C)C)c1[CH2-].[CH2]=[Zn]. The normalized spacial score (nSPS) is 18.7. The second-order valence-corrected chi connectivity index (χ2v) is 5.29. The molecule has 0 spiro atoms. The fraction of sp³-hybridized carbons (Fsp3) is 0.500. The first kappa shape index (κ1) is 17.4. The summed E-state index contributed by atoms with van der Waals surface area (Å²) in [4.78, 5) is 10.6. The van der Waals surface area contributed by atoms with Crippen LogP contribution in [0, 0.1) is 19.8 Å². The van der Waals surface area contributed by atoms with Crippen molar-refractivity contribution < 1.29 is 17.9 Å². The summed E-state index contributed by atoms with van der Waals surface area (Å²) in [5.41, 5.74) is 1.37. The zero-order chi connectivity index (χ0) is 15.3. The van der Waals surface area contributed by atoms with Gasteiger partial charge in [0.05, 0.1) is 0 Å². The molecule has 1 fully saturated rings.